The monoisotopic (exact) mass is 418 g/mol. The third-order valence-corrected chi connectivity index (χ3v) is 4.80. The summed E-state index contributed by atoms with van der Waals surface area (Å²) >= 11 is 0. The summed E-state index contributed by atoms with van der Waals surface area (Å²) in [7, 11) is 1.53. The number of tetrazole rings is 1. The van der Waals surface area contributed by atoms with Crippen molar-refractivity contribution < 1.29 is 9.66 Å². The van der Waals surface area contributed by atoms with Crippen LogP contribution in [-0.2, 0) is 13.7 Å². The lowest BCUT2D eigenvalue weighted by Gasteiger charge is -2.13. The van der Waals surface area contributed by atoms with Crippen LogP contribution in [0.25, 0.3) is 16.9 Å². The number of nitro groups is 1. The number of rotatable bonds is 6. The molecule has 0 N–H and O–H groups in total. The van der Waals surface area contributed by atoms with Crippen molar-refractivity contribution in [1.29, 1.82) is 0 Å². The number of hydrogen-bond donors (Lipinski definition) is 0. The molecule has 156 valence electrons. The molecule has 0 amide bonds. The minimum absolute atomic E-state index is 0.0162. The number of pyridine rings is 1. The lowest BCUT2D eigenvalue weighted by molar-refractivity contribution is -0.384. The van der Waals surface area contributed by atoms with Crippen LogP contribution >= 0.6 is 0 Å². The first kappa shape index (κ1) is 20.0. The largest absolute Gasteiger partial charge is 0.473 e. The van der Waals surface area contributed by atoms with Gasteiger partial charge in [0.1, 0.15) is 6.61 Å². The molecule has 0 bridgehead atoms. The third-order valence-electron chi connectivity index (χ3n) is 4.80. The van der Waals surface area contributed by atoms with Gasteiger partial charge in [-0.25, -0.2) is 9.78 Å². The van der Waals surface area contributed by atoms with E-state index in [1.54, 1.807) is 36.4 Å². The number of nitrogens with zero attached hydrogens (tertiary/aromatic N) is 6. The fourth-order valence-electron chi connectivity index (χ4n) is 3.09. The maximum absolute atomic E-state index is 12.3. The van der Waals surface area contributed by atoms with Crippen molar-refractivity contribution in [3.8, 4) is 22.8 Å². The predicted molar refractivity (Wildman–Crippen MR) is 112 cm³/mol. The Morgan fingerprint density at radius 2 is 1.77 bits per heavy atom. The average molecular weight is 418 g/mol. The van der Waals surface area contributed by atoms with Gasteiger partial charge < -0.3 is 4.74 Å². The van der Waals surface area contributed by atoms with Gasteiger partial charge >= 0.3 is 5.69 Å². The van der Waals surface area contributed by atoms with E-state index in [0.29, 0.717) is 17.3 Å². The van der Waals surface area contributed by atoms with Crippen LogP contribution in [0.5, 0.6) is 5.88 Å². The van der Waals surface area contributed by atoms with Crippen LogP contribution in [0.1, 0.15) is 11.1 Å². The van der Waals surface area contributed by atoms with Crippen LogP contribution in [0.4, 0.5) is 5.69 Å². The lowest BCUT2D eigenvalue weighted by Crippen LogP contribution is -2.23. The van der Waals surface area contributed by atoms with Gasteiger partial charge in [0, 0.05) is 36.4 Å². The van der Waals surface area contributed by atoms with Gasteiger partial charge in [-0.2, -0.15) is 9.36 Å². The topological polar surface area (TPSA) is 118 Å². The molecule has 10 heteroatoms. The van der Waals surface area contributed by atoms with Gasteiger partial charge in [-0.1, -0.05) is 18.2 Å². The van der Waals surface area contributed by atoms with E-state index in [0.717, 1.165) is 21.4 Å². The highest BCUT2D eigenvalue weighted by Crippen LogP contribution is 2.24. The zero-order chi connectivity index (χ0) is 22.0. The van der Waals surface area contributed by atoms with E-state index in [2.05, 4.69) is 15.4 Å². The van der Waals surface area contributed by atoms with Crippen molar-refractivity contribution in [2.75, 3.05) is 0 Å². The molecule has 0 atom stereocenters. The Balaban J connectivity index is 1.59. The van der Waals surface area contributed by atoms with Crippen LogP contribution in [0.3, 0.4) is 0 Å². The molecule has 0 unspecified atom stereocenters. The zero-order valence-corrected chi connectivity index (χ0v) is 16.8. The summed E-state index contributed by atoms with van der Waals surface area (Å²) < 4.78 is 8.30. The number of nitro benzene ring substituents is 1. The highest BCUT2D eigenvalue weighted by atomic mass is 16.6. The normalized spacial score (nSPS) is 10.8. The molecular formula is C21H18N6O4. The van der Waals surface area contributed by atoms with Crippen LogP contribution in [0, 0.1) is 17.0 Å². The lowest BCUT2D eigenvalue weighted by atomic mass is 10.1. The highest BCUT2D eigenvalue weighted by molar-refractivity contribution is 5.61. The van der Waals surface area contributed by atoms with E-state index in [1.807, 2.05) is 19.1 Å². The van der Waals surface area contributed by atoms with E-state index in [4.69, 9.17) is 4.74 Å². The summed E-state index contributed by atoms with van der Waals surface area (Å²) in [5.41, 5.74) is 3.33. The Labute approximate surface area is 176 Å². The van der Waals surface area contributed by atoms with Crippen LogP contribution in [0.15, 0.2) is 65.5 Å². The second-order valence-corrected chi connectivity index (χ2v) is 6.82. The van der Waals surface area contributed by atoms with E-state index in [9.17, 15) is 14.9 Å². The standard InChI is InChI=1S/C21H18N6O4/c1-14-5-3-7-19(26-21(28)25(2)23-24-26)17(14)13-31-20-8-4-6-18(22-20)15-9-11-16(12-10-15)27(29)30/h3-12H,13H2,1-2H3. The summed E-state index contributed by atoms with van der Waals surface area (Å²) in [5.74, 6) is 0.386. The molecule has 0 fully saturated rings. The highest BCUT2D eigenvalue weighted by Gasteiger charge is 2.14. The quantitative estimate of drug-likeness (QED) is 0.349. The molecule has 2 aromatic carbocycles. The van der Waals surface area contributed by atoms with Gasteiger partial charge in [-0.15, -0.1) is 0 Å². The smallest absolute Gasteiger partial charge is 0.368 e. The van der Waals surface area contributed by atoms with Crippen molar-refractivity contribution in [2.45, 2.75) is 13.5 Å². The van der Waals surface area contributed by atoms with Crippen molar-refractivity contribution in [1.82, 2.24) is 24.8 Å². The molecule has 0 aliphatic rings. The number of hydrogen-bond acceptors (Lipinski definition) is 7. The van der Waals surface area contributed by atoms with Gasteiger partial charge in [0.25, 0.3) is 5.69 Å². The minimum atomic E-state index is -0.445. The van der Waals surface area contributed by atoms with Crippen molar-refractivity contribution in [3.05, 3.63) is 92.4 Å². The number of aryl methyl sites for hydroxylation is 2. The van der Waals surface area contributed by atoms with Crippen molar-refractivity contribution in [2.24, 2.45) is 7.05 Å². The molecule has 0 saturated heterocycles. The van der Waals surface area contributed by atoms with Gasteiger partial charge in [0.2, 0.25) is 5.88 Å². The first-order chi connectivity index (χ1) is 14.9. The summed E-state index contributed by atoms with van der Waals surface area (Å²) in [6.07, 6.45) is 0. The fourth-order valence-corrected chi connectivity index (χ4v) is 3.09. The van der Waals surface area contributed by atoms with Crippen molar-refractivity contribution >= 4 is 5.69 Å². The predicted octanol–water partition coefficient (Wildman–Crippen LogP) is 2.82. The Kier molecular flexibility index (Phi) is 5.27. The van der Waals surface area contributed by atoms with Crippen molar-refractivity contribution in [3.63, 3.8) is 0 Å². The summed E-state index contributed by atoms with van der Waals surface area (Å²) in [6, 6.07) is 17.0. The Morgan fingerprint density at radius 3 is 2.45 bits per heavy atom. The molecule has 31 heavy (non-hydrogen) atoms. The van der Waals surface area contributed by atoms with E-state index < -0.39 is 4.92 Å². The maximum atomic E-state index is 12.3. The zero-order valence-electron chi connectivity index (χ0n) is 16.8. The molecule has 0 aliphatic carbocycles. The van der Waals surface area contributed by atoms with Gasteiger partial charge in [0.05, 0.1) is 16.3 Å². The third kappa shape index (κ3) is 4.04. The first-order valence-electron chi connectivity index (χ1n) is 9.36. The molecule has 4 aromatic rings. The fraction of sp³-hybridized carbons (Fsp3) is 0.143. The molecular weight excluding hydrogens is 400 g/mol. The molecule has 2 aromatic heterocycles. The van der Waals surface area contributed by atoms with Gasteiger partial charge in [0.15, 0.2) is 0 Å². The number of non-ortho nitro benzene ring substituents is 1. The molecule has 0 saturated carbocycles. The van der Waals surface area contributed by atoms with Crippen LogP contribution in [-0.4, -0.2) is 29.7 Å². The molecule has 0 aliphatic heterocycles. The summed E-state index contributed by atoms with van der Waals surface area (Å²) in [4.78, 5) is 27.2. The Hall–Kier alpha value is -4.34. The van der Waals surface area contributed by atoms with Gasteiger partial charge in [-0.3, -0.25) is 10.1 Å². The number of ether oxygens (including phenoxy) is 1. The number of benzene rings is 2. The maximum Gasteiger partial charge on any atom is 0.368 e. The molecule has 0 spiro atoms. The number of aromatic nitrogens is 5. The Morgan fingerprint density at radius 1 is 1.03 bits per heavy atom. The molecule has 2 heterocycles. The molecule has 10 nitrogen and oxygen atoms in total. The van der Waals surface area contributed by atoms with Crippen LogP contribution in [0.2, 0.25) is 0 Å². The molecule has 4 rings (SSSR count). The minimum Gasteiger partial charge on any atom is -0.473 e. The second-order valence-electron chi connectivity index (χ2n) is 6.82. The summed E-state index contributed by atoms with van der Waals surface area (Å²) in [6.45, 7) is 2.09. The van der Waals surface area contributed by atoms with E-state index >= 15 is 0 Å². The van der Waals surface area contributed by atoms with E-state index in [1.165, 1.54) is 23.9 Å². The molecule has 0 radical (unpaired) electrons. The summed E-state index contributed by atoms with van der Waals surface area (Å²) in [5, 5.41) is 18.5. The van der Waals surface area contributed by atoms with E-state index in [-0.39, 0.29) is 18.0 Å². The Bertz CT molecular complexity index is 1310. The average Bonchev–Trinajstić information content (AvgIpc) is 3.11. The van der Waals surface area contributed by atoms with Crippen LogP contribution < -0.4 is 10.4 Å². The SMILES string of the molecule is Cc1cccc(-n2nnn(C)c2=O)c1COc1cccc(-c2ccc([N+](=O)[O-])cc2)n1. The second kappa shape index (κ2) is 8.19. The van der Waals surface area contributed by atoms with Gasteiger partial charge in [-0.05, 0) is 47.2 Å². The first-order valence-corrected chi connectivity index (χ1v) is 9.36.